The van der Waals surface area contributed by atoms with Gasteiger partial charge in [0.2, 0.25) is 0 Å². The molecule has 8 nitrogen and oxygen atoms in total. The standard InChI is InChI=1S/C10H11F2N3O5/c11-3-1-15(8(18)14-5(3)13)6-4(12)10(19)7(17)9(10,2-16)20-6/h1,4,6-7,16-17,19H,2H2,(H2,13,14,18)/t4-,6-,7?,9-,10-/m1/s1. The summed E-state index contributed by atoms with van der Waals surface area (Å²) in [5.74, 6) is -1.72. The van der Waals surface area contributed by atoms with Crippen LogP contribution < -0.4 is 11.4 Å². The number of aromatic nitrogens is 2. The number of nitrogens with two attached hydrogens (primary N) is 1. The minimum Gasteiger partial charge on any atom is -0.393 e. The fourth-order valence-corrected chi connectivity index (χ4v) is 2.62. The highest BCUT2D eigenvalue weighted by atomic mass is 19.1. The maximum absolute atomic E-state index is 14.2. The van der Waals surface area contributed by atoms with Crippen LogP contribution >= 0.6 is 0 Å². The van der Waals surface area contributed by atoms with Crippen LogP contribution in [0.1, 0.15) is 6.23 Å². The van der Waals surface area contributed by atoms with Crippen LogP contribution in [0.2, 0.25) is 0 Å². The summed E-state index contributed by atoms with van der Waals surface area (Å²) in [6.45, 7) is -0.860. The Hall–Kier alpha value is -1.62. The van der Waals surface area contributed by atoms with Crippen molar-refractivity contribution in [2.45, 2.75) is 29.7 Å². The molecule has 10 heteroatoms. The minimum atomic E-state index is -2.34. The van der Waals surface area contributed by atoms with Crippen LogP contribution in [0.4, 0.5) is 14.6 Å². The lowest BCUT2D eigenvalue weighted by Crippen LogP contribution is -2.38. The second-order valence-corrected chi connectivity index (χ2v) is 4.85. The van der Waals surface area contributed by atoms with Gasteiger partial charge in [-0.05, 0) is 0 Å². The zero-order chi connectivity index (χ0) is 14.9. The summed E-state index contributed by atoms with van der Waals surface area (Å²) in [5.41, 5.74) is -0.250. The molecule has 5 atom stereocenters. The first-order valence-electron chi connectivity index (χ1n) is 5.67. The van der Waals surface area contributed by atoms with Crippen molar-refractivity contribution >= 4 is 5.82 Å². The molecule has 2 heterocycles. The monoisotopic (exact) mass is 291 g/mol. The Labute approximate surface area is 110 Å². The molecule has 2 aliphatic rings. The summed E-state index contributed by atoms with van der Waals surface area (Å²) in [5, 5.41) is 28.6. The molecule has 0 bridgehead atoms. The van der Waals surface area contributed by atoms with Crippen LogP contribution in [0.5, 0.6) is 0 Å². The first-order chi connectivity index (χ1) is 9.29. The van der Waals surface area contributed by atoms with Crippen LogP contribution in [0.3, 0.4) is 0 Å². The molecule has 1 aromatic heterocycles. The van der Waals surface area contributed by atoms with E-state index in [1.807, 2.05) is 0 Å². The highest BCUT2D eigenvalue weighted by Gasteiger charge is 2.88. The summed E-state index contributed by atoms with van der Waals surface area (Å²) in [6.07, 6.45) is -5.00. The summed E-state index contributed by atoms with van der Waals surface area (Å²) in [7, 11) is 0. The van der Waals surface area contributed by atoms with Gasteiger partial charge in [-0.25, -0.2) is 13.6 Å². The highest BCUT2D eigenvalue weighted by molar-refractivity contribution is 5.36. The van der Waals surface area contributed by atoms with Crippen molar-refractivity contribution in [3.63, 3.8) is 0 Å². The molecule has 0 amide bonds. The Kier molecular flexibility index (Phi) is 2.49. The Morgan fingerprint density at radius 2 is 2.25 bits per heavy atom. The lowest BCUT2D eigenvalue weighted by Gasteiger charge is -2.21. The molecular formula is C10H11F2N3O5. The molecule has 2 fully saturated rings. The fourth-order valence-electron chi connectivity index (χ4n) is 2.62. The van der Waals surface area contributed by atoms with E-state index < -0.39 is 53.6 Å². The van der Waals surface area contributed by atoms with Gasteiger partial charge in [0.05, 0.1) is 12.8 Å². The Bertz CT molecular complexity index is 636. The predicted octanol–water partition coefficient (Wildman–Crippen LogP) is -2.33. The number of alkyl halides is 1. The third kappa shape index (κ3) is 1.26. The SMILES string of the molecule is Nc1nc(=O)n([C@@H]2O[C@]3(CO)C(O)[C@]3(O)[C@@H]2F)cc1F. The third-order valence-corrected chi connectivity index (χ3v) is 3.90. The minimum absolute atomic E-state index is 0.477. The van der Waals surface area contributed by atoms with Gasteiger partial charge in [-0.3, -0.25) is 4.57 Å². The molecular weight excluding hydrogens is 280 g/mol. The molecule has 1 aromatic rings. The molecule has 110 valence electrons. The van der Waals surface area contributed by atoms with Crippen molar-refractivity contribution in [2.75, 3.05) is 12.3 Å². The third-order valence-electron chi connectivity index (χ3n) is 3.90. The van der Waals surface area contributed by atoms with Crippen LogP contribution in [0.15, 0.2) is 11.0 Å². The van der Waals surface area contributed by atoms with E-state index in [0.29, 0.717) is 10.8 Å². The molecule has 0 radical (unpaired) electrons. The van der Waals surface area contributed by atoms with Crippen LogP contribution in [0.25, 0.3) is 0 Å². The predicted molar refractivity (Wildman–Crippen MR) is 58.7 cm³/mol. The molecule has 1 saturated heterocycles. The molecule has 1 aliphatic heterocycles. The number of aliphatic hydroxyl groups excluding tert-OH is 2. The van der Waals surface area contributed by atoms with Crippen molar-refractivity contribution in [1.82, 2.24) is 9.55 Å². The average Bonchev–Trinajstić information content (AvgIpc) is 2.76. The number of rotatable bonds is 2. The van der Waals surface area contributed by atoms with Crippen molar-refractivity contribution in [2.24, 2.45) is 0 Å². The van der Waals surface area contributed by atoms with Gasteiger partial charge in [-0.1, -0.05) is 0 Å². The van der Waals surface area contributed by atoms with Gasteiger partial charge in [0.15, 0.2) is 35.2 Å². The number of ether oxygens (including phenoxy) is 1. The summed E-state index contributed by atoms with van der Waals surface area (Å²) in [4.78, 5) is 14.7. The quantitative estimate of drug-likeness (QED) is 0.480. The second kappa shape index (κ2) is 3.73. The average molecular weight is 291 g/mol. The highest BCUT2D eigenvalue weighted by Crippen LogP contribution is 2.62. The maximum atomic E-state index is 14.2. The Morgan fingerprint density at radius 3 is 2.80 bits per heavy atom. The van der Waals surface area contributed by atoms with E-state index in [4.69, 9.17) is 15.6 Å². The summed E-state index contributed by atoms with van der Waals surface area (Å²) < 4.78 is 33.0. The van der Waals surface area contributed by atoms with E-state index in [1.54, 1.807) is 0 Å². The lowest BCUT2D eigenvalue weighted by atomic mass is 10.1. The van der Waals surface area contributed by atoms with Crippen molar-refractivity contribution < 1.29 is 28.8 Å². The second-order valence-electron chi connectivity index (χ2n) is 4.85. The lowest BCUT2D eigenvalue weighted by molar-refractivity contribution is -0.107. The van der Waals surface area contributed by atoms with E-state index in [1.165, 1.54) is 0 Å². The molecule has 0 spiro atoms. The number of hydrogen-bond acceptors (Lipinski definition) is 7. The van der Waals surface area contributed by atoms with E-state index in [0.717, 1.165) is 0 Å². The van der Waals surface area contributed by atoms with Gasteiger partial charge in [0, 0.05) is 0 Å². The number of hydrogen-bond donors (Lipinski definition) is 4. The van der Waals surface area contributed by atoms with Crippen LogP contribution in [0, 0.1) is 5.82 Å². The van der Waals surface area contributed by atoms with Gasteiger partial charge in [-0.2, -0.15) is 4.98 Å². The fraction of sp³-hybridized carbons (Fsp3) is 0.600. The molecule has 5 N–H and O–H groups in total. The van der Waals surface area contributed by atoms with Crippen molar-refractivity contribution in [1.29, 1.82) is 0 Å². The zero-order valence-electron chi connectivity index (χ0n) is 9.90. The van der Waals surface area contributed by atoms with Gasteiger partial charge in [0.1, 0.15) is 6.10 Å². The number of nitrogens with zero attached hydrogens (tertiary/aromatic N) is 2. The molecule has 0 aromatic carbocycles. The smallest absolute Gasteiger partial charge is 0.351 e. The molecule has 1 unspecified atom stereocenters. The number of fused-ring (bicyclic) bond motifs is 1. The van der Waals surface area contributed by atoms with Crippen molar-refractivity contribution in [3.05, 3.63) is 22.5 Å². The number of halogens is 2. The van der Waals surface area contributed by atoms with E-state index in [2.05, 4.69) is 4.98 Å². The van der Waals surface area contributed by atoms with E-state index in [9.17, 15) is 23.8 Å². The topological polar surface area (TPSA) is 131 Å². The number of aliphatic hydroxyl groups is 3. The molecule has 3 rings (SSSR count). The number of anilines is 1. The first kappa shape index (κ1) is 13.4. The Morgan fingerprint density at radius 1 is 1.60 bits per heavy atom. The van der Waals surface area contributed by atoms with Crippen molar-refractivity contribution in [3.8, 4) is 0 Å². The van der Waals surface area contributed by atoms with Gasteiger partial charge < -0.3 is 25.8 Å². The summed E-state index contributed by atoms with van der Waals surface area (Å²) >= 11 is 0. The summed E-state index contributed by atoms with van der Waals surface area (Å²) in [6, 6.07) is 0. The molecule has 20 heavy (non-hydrogen) atoms. The van der Waals surface area contributed by atoms with E-state index >= 15 is 0 Å². The first-order valence-corrected chi connectivity index (χ1v) is 5.67. The zero-order valence-corrected chi connectivity index (χ0v) is 9.90. The Balaban J connectivity index is 2.03. The molecule has 1 saturated carbocycles. The van der Waals surface area contributed by atoms with Gasteiger partial charge >= 0.3 is 5.69 Å². The normalized spacial score (nSPS) is 42.5. The number of nitrogen functional groups attached to an aromatic ring is 1. The van der Waals surface area contributed by atoms with Crippen LogP contribution in [-0.2, 0) is 4.74 Å². The van der Waals surface area contributed by atoms with Crippen LogP contribution in [-0.4, -0.2) is 55.0 Å². The van der Waals surface area contributed by atoms with Gasteiger partial charge in [-0.15, -0.1) is 0 Å². The molecule has 1 aliphatic carbocycles. The van der Waals surface area contributed by atoms with E-state index in [-0.39, 0.29) is 0 Å². The largest absolute Gasteiger partial charge is 0.393 e. The maximum Gasteiger partial charge on any atom is 0.351 e. The van der Waals surface area contributed by atoms with Gasteiger partial charge in [0.25, 0.3) is 0 Å².